The van der Waals surface area contributed by atoms with Gasteiger partial charge >= 0.3 is 0 Å². The van der Waals surface area contributed by atoms with E-state index in [2.05, 4.69) is 80.2 Å². The fourth-order valence-electron chi connectivity index (χ4n) is 4.63. The molecular formula is C26H26IN3O3. The molecule has 3 aromatic rings. The van der Waals surface area contributed by atoms with Crippen molar-refractivity contribution in [1.29, 1.82) is 0 Å². The maximum Gasteiger partial charge on any atom is 0.234 e. The van der Waals surface area contributed by atoms with Crippen LogP contribution in [0.15, 0.2) is 54.6 Å². The van der Waals surface area contributed by atoms with E-state index >= 15 is 0 Å². The molecule has 1 N–H and O–H groups in total. The molecule has 7 heteroatoms. The molecule has 5 rings (SSSR count). The third-order valence-corrected chi connectivity index (χ3v) is 6.97. The van der Waals surface area contributed by atoms with Crippen LogP contribution in [0.25, 0.3) is 0 Å². The summed E-state index contributed by atoms with van der Waals surface area (Å²) < 4.78 is 13.5. The first kappa shape index (κ1) is 22.0. The number of fused-ring (bicyclic) bond motifs is 6. The summed E-state index contributed by atoms with van der Waals surface area (Å²) >= 11 is 2.06. The van der Waals surface area contributed by atoms with Crippen LogP contribution < -0.4 is 19.9 Å². The van der Waals surface area contributed by atoms with Crippen LogP contribution in [0.4, 0.5) is 17.1 Å². The summed E-state index contributed by atoms with van der Waals surface area (Å²) in [5.74, 6) is 1.57. The molecule has 2 heterocycles. The Kier molecular flexibility index (Phi) is 5.49. The highest BCUT2D eigenvalue weighted by atomic mass is 127. The van der Waals surface area contributed by atoms with E-state index in [0.717, 1.165) is 50.8 Å². The summed E-state index contributed by atoms with van der Waals surface area (Å²) in [6.45, 7) is 0.451. The lowest BCUT2D eigenvalue weighted by Gasteiger charge is -2.38. The van der Waals surface area contributed by atoms with Crippen LogP contribution in [0.1, 0.15) is 22.3 Å². The lowest BCUT2D eigenvalue weighted by atomic mass is 9.77. The lowest BCUT2D eigenvalue weighted by Crippen LogP contribution is -2.32. The van der Waals surface area contributed by atoms with Crippen molar-refractivity contribution in [3.63, 3.8) is 0 Å². The minimum Gasteiger partial charge on any atom is -0.456 e. The second-order valence-electron chi connectivity index (χ2n) is 8.78. The summed E-state index contributed by atoms with van der Waals surface area (Å²) in [5.41, 5.74) is 6.26. The van der Waals surface area contributed by atoms with Gasteiger partial charge in [0.1, 0.15) is 11.5 Å². The number of halogens is 1. The maximum absolute atomic E-state index is 11.9. The molecule has 0 aliphatic carbocycles. The molecule has 0 bridgehead atoms. The molecule has 2 aliphatic rings. The van der Waals surface area contributed by atoms with Crippen molar-refractivity contribution < 1.29 is 14.3 Å². The van der Waals surface area contributed by atoms with E-state index in [0.29, 0.717) is 11.0 Å². The highest BCUT2D eigenvalue weighted by Gasteiger charge is 2.49. The molecule has 3 aromatic carbocycles. The van der Waals surface area contributed by atoms with Gasteiger partial charge in [-0.3, -0.25) is 4.79 Å². The number of ether oxygens (including phenoxy) is 2. The monoisotopic (exact) mass is 555 g/mol. The van der Waals surface area contributed by atoms with Crippen LogP contribution >= 0.6 is 22.6 Å². The van der Waals surface area contributed by atoms with Crippen molar-refractivity contribution in [2.75, 3.05) is 47.7 Å². The zero-order valence-corrected chi connectivity index (χ0v) is 21.3. The number of hydrogen-bond donors (Lipinski definition) is 1. The molecule has 0 aromatic heterocycles. The molecule has 6 nitrogen and oxygen atoms in total. The topological polar surface area (TPSA) is 54.0 Å². The second-order valence-corrected chi connectivity index (χ2v) is 9.54. The highest BCUT2D eigenvalue weighted by Crippen LogP contribution is 2.57. The Labute approximate surface area is 207 Å². The number of carbonyl (C=O) groups excluding carboxylic acids is 1. The summed E-state index contributed by atoms with van der Waals surface area (Å²) in [4.78, 5) is 16.0. The number of rotatable bonds is 4. The van der Waals surface area contributed by atoms with Gasteiger partial charge in [0.05, 0.1) is 11.0 Å². The smallest absolute Gasteiger partial charge is 0.234 e. The highest BCUT2D eigenvalue weighted by molar-refractivity contribution is 14.1. The van der Waals surface area contributed by atoms with Gasteiger partial charge in [0.25, 0.3) is 0 Å². The molecular weight excluding hydrogens is 529 g/mol. The molecule has 33 heavy (non-hydrogen) atoms. The maximum atomic E-state index is 11.9. The van der Waals surface area contributed by atoms with Gasteiger partial charge in [-0.05, 0) is 47.5 Å². The SMILES string of the molecule is CN(C)c1ccc2c(c1)Oc1cc(N(C)C)ccc1C21OCc2cc(NC(=O)CI)ccc21. The van der Waals surface area contributed by atoms with Gasteiger partial charge in [-0.2, -0.15) is 0 Å². The molecule has 170 valence electrons. The first-order valence-corrected chi connectivity index (χ1v) is 12.3. The van der Waals surface area contributed by atoms with E-state index in [9.17, 15) is 4.79 Å². The average Bonchev–Trinajstić information content (AvgIpc) is 3.17. The van der Waals surface area contributed by atoms with Gasteiger partial charge < -0.3 is 24.6 Å². The first-order valence-electron chi connectivity index (χ1n) is 10.8. The van der Waals surface area contributed by atoms with Crippen molar-refractivity contribution in [3.05, 3.63) is 76.9 Å². The predicted molar refractivity (Wildman–Crippen MR) is 140 cm³/mol. The zero-order valence-electron chi connectivity index (χ0n) is 19.1. The first-order chi connectivity index (χ1) is 15.8. The summed E-state index contributed by atoms with van der Waals surface area (Å²) in [5, 5.41) is 2.95. The third-order valence-electron chi connectivity index (χ3n) is 6.28. The fraction of sp³-hybridized carbons (Fsp3) is 0.269. The van der Waals surface area contributed by atoms with Crippen molar-refractivity contribution in [2.24, 2.45) is 0 Å². The van der Waals surface area contributed by atoms with Gasteiger partial charge in [-0.25, -0.2) is 0 Å². The normalized spacial score (nSPS) is 14.7. The molecule has 2 aliphatic heterocycles. The van der Waals surface area contributed by atoms with Crippen LogP contribution in [0.2, 0.25) is 0 Å². The van der Waals surface area contributed by atoms with Gasteiger partial charge in [0.2, 0.25) is 5.91 Å². The minimum absolute atomic E-state index is 0.0154. The second kappa shape index (κ2) is 8.22. The Balaban J connectivity index is 1.71. The molecule has 0 radical (unpaired) electrons. The van der Waals surface area contributed by atoms with Crippen molar-refractivity contribution in [1.82, 2.24) is 0 Å². The largest absolute Gasteiger partial charge is 0.456 e. The van der Waals surface area contributed by atoms with E-state index in [1.807, 2.05) is 40.3 Å². The van der Waals surface area contributed by atoms with E-state index < -0.39 is 5.60 Å². The molecule has 0 unspecified atom stereocenters. The van der Waals surface area contributed by atoms with Gasteiger partial charge in [0.15, 0.2) is 5.60 Å². The predicted octanol–water partition coefficient (Wildman–Crippen LogP) is 5.12. The Morgan fingerprint density at radius 2 is 1.48 bits per heavy atom. The van der Waals surface area contributed by atoms with Gasteiger partial charge in [0, 0.05) is 68.5 Å². The number of nitrogens with zero attached hydrogens (tertiary/aromatic N) is 2. The van der Waals surface area contributed by atoms with Gasteiger partial charge in [-0.1, -0.05) is 28.7 Å². The number of alkyl halides is 1. The number of benzene rings is 3. The van der Waals surface area contributed by atoms with Crippen LogP contribution in [0, 0.1) is 0 Å². The quantitative estimate of drug-likeness (QED) is 0.358. The van der Waals surface area contributed by atoms with Crippen LogP contribution in [0.5, 0.6) is 11.5 Å². The van der Waals surface area contributed by atoms with Gasteiger partial charge in [-0.15, -0.1) is 0 Å². The molecule has 0 saturated heterocycles. The molecule has 1 spiro atoms. The molecule has 1 amide bonds. The van der Waals surface area contributed by atoms with E-state index in [1.165, 1.54) is 0 Å². The van der Waals surface area contributed by atoms with Crippen molar-refractivity contribution >= 4 is 45.6 Å². The number of amides is 1. The standard InChI is InChI=1S/C26H26IN3O3/c1-29(2)18-6-9-21-23(12-18)33-24-13-19(30(3)4)7-10-22(24)26(21)20-8-5-17(28-25(31)14-27)11-16(20)15-32-26/h5-13H,14-15H2,1-4H3,(H,28,31). The van der Waals surface area contributed by atoms with E-state index in [4.69, 9.17) is 9.47 Å². The average molecular weight is 555 g/mol. The lowest BCUT2D eigenvalue weighted by molar-refractivity contribution is -0.113. The zero-order chi connectivity index (χ0) is 23.3. The van der Waals surface area contributed by atoms with E-state index in [-0.39, 0.29) is 5.91 Å². The van der Waals surface area contributed by atoms with E-state index in [1.54, 1.807) is 0 Å². The van der Waals surface area contributed by atoms with Crippen molar-refractivity contribution in [2.45, 2.75) is 12.2 Å². The third kappa shape index (κ3) is 3.54. The molecule has 0 atom stereocenters. The van der Waals surface area contributed by atoms with Crippen molar-refractivity contribution in [3.8, 4) is 11.5 Å². The van der Waals surface area contributed by atoms with Crippen LogP contribution in [0.3, 0.4) is 0 Å². The summed E-state index contributed by atoms with van der Waals surface area (Å²) in [6.07, 6.45) is 0. The van der Waals surface area contributed by atoms with Crippen LogP contribution in [-0.4, -0.2) is 38.5 Å². The number of anilines is 3. The molecule has 0 saturated carbocycles. The number of carbonyl (C=O) groups is 1. The number of hydrogen-bond acceptors (Lipinski definition) is 5. The Bertz CT molecular complexity index is 1200. The Hall–Kier alpha value is -2.78. The Morgan fingerprint density at radius 1 is 0.909 bits per heavy atom. The van der Waals surface area contributed by atoms with Crippen LogP contribution in [-0.2, 0) is 21.7 Å². The fourth-order valence-corrected chi connectivity index (χ4v) is 4.82. The molecule has 0 fully saturated rings. The summed E-state index contributed by atoms with van der Waals surface area (Å²) in [7, 11) is 8.08. The Morgan fingerprint density at radius 3 is 2.03 bits per heavy atom. The minimum atomic E-state index is -0.764. The number of nitrogens with one attached hydrogen (secondary N) is 1. The summed E-state index contributed by atoms with van der Waals surface area (Å²) in [6, 6.07) is 18.6.